The van der Waals surface area contributed by atoms with Gasteiger partial charge < -0.3 is 14.8 Å². The van der Waals surface area contributed by atoms with E-state index in [1.807, 2.05) is 32.0 Å². The van der Waals surface area contributed by atoms with E-state index in [0.29, 0.717) is 26.0 Å². The van der Waals surface area contributed by atoms with Crippen molar-refractivity contribution >= 4 is 66.5 Å². The van der Waals surface area contributed by atoms with Crippen LogP contribution in [-0.2, 0) is 4.79 Å². The highest BCUT2D eigenvalue weighted by Crippen LogP contribution is 2.38. The molecule has 154 valence electrons. The summed E-state index contributed by atoms with van der Waals surface area (Å²) in [4.78, 5) is 17.5. The van der Waals surface area contributed by atoms with E-state index < -0.39 is 0 Å². The molecule has 0 spiro atoms. The second kappa shape index (κ2) is 9.73. The average Bonchev–Trinajstić information content (AvgIpc) is 3.03. The highest BCUT2D eigenvalue weighted by atomic mass is 79.9. The number of aryl methyl sites for hydroxylation is 2. The Morgan fingerprint density at radius 3 is 2.57 bits per heavy atom. The van der Waals surface area contributed by atoms with Crippen molar-refractivity contribution in [3.05, 3.63) is 54.8 Å². The zero-order valence-corrected chi connectivity index (χ0v) is 20.5. The van der Waals surface area contributed by atoms with E-state index in [0.717, 1.165) is 26.9 Å². The Morgan fingerprint density at radius 1 is 1.23 bits per heavy atom. The van der Waals surface area contributed by atoms with E-state index in [1.54, 1.807) is 19.3 Å². The van der Waals surface area contributed by atoms with E-state index in [2.05, 4.69) is 48.1 Å². The SMILES string of the molecule is C#CCOc1c(Br)cc(/C=C2\SC(=Nc3cc(C)c(Br)c(C)c3)NC2=O)cc1OC. The predicted octanol–water partition coefficient (Wildman–Crippen LogP) is 5.74. The first-order chi connectivity index (χ1) is 14.3. The standard InChI is InChI=1S/C22H18Br2N2O3S/c1-5-6-29-20-16(23)9-14(10-17(20)28-4)11-18-21(27)26-22(30-18)25-15-7-12(2)19(24)13(3)8-15/h1,7-11H,6H2,2-4H3,(H,25,26,27)/b18-11-. The van der Waals surface area contributed by atoms with Crippen molar-refractivity contribution in [2.75, 3.05) is 13.7 Å². The van der Waals surface area contributed by atoms with Gasteiger partial charge in [-0.05, 0) is 88.6 Å². The molecule has 2 aromatic carbocycles. The molecule has 1 fully saturated rings. The van der Waals surface area contributed by atoms with Gasteiger partial charge >= 0.3 is 0 Å². The molecule has 1 aliphatic heterocycles. The summed E-state index contributed by atoms with van der Waals surface area (Å²) < 4.78 is 12.7. The number of carbonyl (C=O) groups excluding carboxylic acids is 1. The van der Waals surface area contributed by atoms with Gasteiger partial charge in [0.15, 0.2) is 16.7 Å². The number of nitrogens with one attached hydrogen (secondary N) is 1. The van der Waals surface area contributed by atoms with Gasteiger partial charge in [-0.1, -0.05) is 21.9 Å². The minimum Gasteiger partial charge on any atom is -0.493 e. The summed E-state index contributed by atoms with van der Waals surface area (Å²) in [5, 5.41) is 3.35. The van der Waals surface area contributed by atoms with Crippen LogP contribution in [0.15, 0.2) is 43.1 Å². The number of benzene rings is 2. The summed E-state index contributed by atoms with van der Waals surface area (Å²) in [6.45, 7) is 4.14. The second-order valence-corrected chi connectivity index (χ2v) is 9.08. The van der Waals surface area contributed by atoms with Crippen LogP contribution in [0.3, 0.4) is 0 Å². The lowest BCUT2D eigenvalue weighted by Crippen LogP contribution is -2.19. The molecular formula is C22H18Br2N2O3S. The maximum atomic E-state index is 12.4. The molecule has 3 rings (SSSR count). The van der Waals surface area contributed by atoms with Gasteiger partial charge in [-0.25, -0.2) is 4.99 Å². The summed E-state index contributed by atoms with van der Waals surface area (Å²) in [6, 6.07) is 7.56. The van der Waals surface area contributed by atoms with E-state index in [4.69, 9.17) is 15.9 Å². The van der Waals surface area contributed by atoms with E-state index in [-0.39, 0.29) is 12.5 Å². The summed E-state index contributed by atoms with van der Waals surface area (Å²) in [5.74, 6) is 3.26. The number of thioether (sulfide) groups is 1. The fourth-order valence-corrected chi connectivity index (χ4v) is 4.46. The van der Waals surface area contributed by atoms with Gasteiger partial charge in [-0.2, -0.15) is 0 Å². The lowest BCUT2D eigenvalue weighted by Gasteiger charge is -2.12. The summed E-state index contributed by atoms with van der Waals surface area (Å²) in [6.07, 6.45) is 7.04. The number of nitrogens with zero attached hydrogens (tertiary/aromatic N) is 1. The normalized spacial score (nSPS) is 15.9. The van der Waals surface area contributed by atoms with Crippen molar-refractivity contribution in [3.8, 4) is 23.8 Å². The fraction of sp³-hybridized carbons (Fsp3) is 0.182. The van der Waals surface area contributed by atoms with Crippen LogP contribution in [0.1, 0.15) is 16.7 Å². The summed E-state index contributed by atoms with van der Waals surface area (Å²) >= 11 is 8.31. The molecule has 5 nitrogen and oxygen atoms in total. The third-order valence-corrected chi connectivity index (χ3v) is 6.90. The van der Waals surface area contributed by atoms with Gasteiger partial charge in [0.2, 0.25) is 0 Å². The lowest BCUT2D eigenvalue weighted by atomic mass is 10.1. The largest absolute Gasteiger partial charge is 0.493 e. The summed E-state index contributed by atoms with van der Waals surface area (Å²) in [5.41, 5.74) is 3.74. The van der Waals surface area contributed by atoms with Crippen LogP contribution in [0.4, 0.5) is 5.69 Å². The number of rotatable bonds is 5. The lowest BCUT2D eigenvalue weighted by molar-refractivity contribution is -0.115. The van der Waals surface area contributed by atoms with E-state index in [9.17, 15) is 4.79 Å². The number of amides is 1. The number of halogens is 2. The van der Waals surface area contributed by atoms with Gasteiger partial charge in [0.1, 0.15) is 6.61 Å². The third-order valence-electron chi connectivity index (χ3n) is 4.15. The monoisotopic (exact) mass is 548 g/mol. The molecule has 0 saturated carbocycles. The smallest absolute Gasteiger partial charge is 0.264 e. The molecule has 0 aromatic heterocycles. The molecule has 1 saturated heterocycles. The molecule has 1 heterocycles. The number of amidine groups is 1. The van der Waals surface area contributed by atoms with Gasteiger partial charge in [0.05, 0.1) is 22.2 Å². The molecule has 0 aliphatic carbocycles. The first-order valence-corrected chi connectivity index (χ1v) is 11.2. The first kappa shape index (κ1) is 22.5. The number of methoxy groups -OCH3 is 1. The van der Waals surface area contributed by atoms with Crippen LogP contribution >= 0.6 is 43.6 Å². The highest BCUT2D eigenvalue weighted by molar-refractivity contribution is 9.10. The molecule has 1 N–H and O–H groups in total. The number of hydrogen-bond acceptors (Lipinski definition) is 5. The van der Waals surface area contributed by atoms with Crippen molar-refractivity contribution < 1.29 is 14.3 Å². The molecule has 1 amide bonds. The first-order valence-electron chi connectivity index (χ1n) is 8.82. The minimum absolute atomic E-state index is 0.127. The predicted molar refractivity (Wildman–Crippen MR) is 129 cm³/mol. The Morgan fingerprint density at radius 2 is 1.93 bits per heavy atom. The molecule has 2 aromatic rings. The Hall–Kier alpha value is -2.21. The van der Waals surface area contributed by atoms with Crippen LogP contribution in [0.5, 0.6) is 11.5 Å². The van der Waals surface area contributed by atoms with Crippen molar-refractivity contribution in [3.63, 3.8) is 0 Å². The van der Waals surface area contributed by atoms with Crippen molar-refractivity contribution in [2.24, 2.45) is 4.99 Å². The van der Waals surface area contributed by atoms with Gasteiger partial charge in [-0.3, -0.25) is 4.79 Å². The second-order valence-electron chi connectivity index (χ2n) is 6.40. The third kappa shape index (κ3) is 5.09. The quantitative estimate of drug-likeness (QED) is 0.381. The van der Waals surface area contributed by atoms with Crippen LogP contribution in [0, 0.1) is 26.2 Å². The van der Waals surface area contributed by atoms with Crippen molar-refractivity contribution in [1.29, 1.82) is 0 Å². The fourth-order valence-electron chi connectivity index (χ4n) is 2.81. The van der Waals surface area contributed by atoms with E-state index >= 15 is 0 Å². The number of hydrogen-bond donors (Lipinski definition) is 1. The van der Waals surface area contributed by atoms with Gasteiger partial charge in [0.25, 0.3) is 5.91 Å². The van der Waals surface area contributed by atoms with E-state index in [1.165, 1.54) is 11.8 Å². The molecule has 30 heavy (non-hydrogen) atoms. The molecular weight excluding hydrogens is 532 g/mol. The molecule has 0 unspecified atom stereocenters. The Kier molecular flexibility index (Phi) is 7.29. The molecule has 1 aliphatic rings. The van der Waals surface area contributed by atoms with Crippen LogP contribution in [0.2, 0.25) is 0 Å². The molecule has 0 radical (unpaired) electrons. The molecule has 0 atom stereocenters. The Balaban J connectivity index is 1.88. The number of aliphatic imine (C=N–C) groups is 1. The average molecular weight is 550 g/mol. The van der Waals surface area contributed by atoms with Crippen molar-refractivity contribution in [2.45, 2.75) is 13.8 Å². The van der Waals surface area contributed by atoms with Gasteiger partial charge in [0, 0.05) is 4.47 Å². The number of terminal acetylenes is 1. The highest BCUT2D eigenvalue weighted by Gasteiger charge is 2.24. The maximum absolute atomic E-state index is 12.4. The van der Waals surface area contributed by atoms with Crippen molar-refractivity contribution in [1.82, 2.24) is 5.32 Å². The number of ether oxygens (including phenoxy) is 2. The Labute approximate surface area is 196 Å². The zero-order chi connectivity index (χ0) is 21.8. The van der Waals surface area contributed by atoms with Crippen LogP contribution < -0.4 is 14.8 Å². The van der Waals surface area contributed by atoms with Crippen LogP contribution in [0.25, 0.3) is 6.08 Å². The van der Waals surface area contributed by atoms with Crippen LogP contribution in [-0.4, -0.2) is 24.8 Å². The number of carbonyl (C=O) groups is 1. The minimum atomic E-state index is -0.202. The topological polar surface area (TPSA) is 59.9 Å². The molecule has 8 heteroatoms. The zero-order valence-electron chi connectivity index (χ0n) is 16.5. The Bertz CT molecular complexity index is 1100. The maximum Gasteiger partial charge on any atom is 0.264 e. The van der Waals surface area contributed by atoms with Gasteiger partial charge in [-0.15, -0.1) is 6.42 Å². The molecule has 0 bridgehead atoms. The summed E-state index contributed by atoms with van der Waals surface area (Å²) in [7, 11) is 1.55.